The molecule has 3 unspecified atom stereocenters. The summed E-state index contributed by atoms with van der Waals surface area (Å²) in [6.07, 6.45) is 10.7. The van der Waals surface area contributed by atoms with Crippen molar-refractivity contribution in [2.24, 2.45) is 23.7 Å². The Morgan fingerprint density at radius 2 is 2.15 bits per heavy atom. The summed E-state index contributed by atoms with van der Waals surface area (Å²) >= 11 is 0. The molecule has 0 bridgehead atoms. The minimum atomic E-state index is -2.02. The molecule has 0 aromatic heterocycles. The Hall–Kier alpha value is -0.980. The van der Waals surface area contributed by atoms with Crippen molar-refractivity contribution >= 4 is 8.03 Å². The number of fused-ring (bicyclic) bond motifs is 1. The molecule has 2 saturated carbocycles. The van der Waals surface area contributed by atoms with Gasteiger partial charge in [-0.2, -0.15) is 4.89 Å². The van der Waals surface area contributed by atoms with Crippen LogP contribution < -0.4 is 0 Å². The fourth-order valence-electron chi connectivity index (χ4n) is 4.29. The number of rotatable bonds is 8. The molecule has 7 atom stereocenters. The van der Waals surface area contributed by atoms with Crippen LogP contribution in [0.2, 0.25) is 0 Å². The fraction of sp³-hybridized carbons (Fsp3) is 0.714. The van der Waals surface area contributed by atoms with Gasteiger partial charge >= 0.3 is 8.03 Å². The van der Waals surface area contributed by atoms with Crippen LogP contribution in [0, 0.1) is 35.5 Å². The Balaban J connectivity index is 1.89. The summed E-state index contributed by atoms with van der Waals surface area (Å²) in [4.78, 5) is 8.86. The van der Waals surface area contributed by atoms with E-state index in [0.29, 0.717) is 24.4 Å². The lowest BCUT2D eigenvalue weighted by Gasteiger charge is -2.19. The molecule has 0 spiro atoms. The van der Waals surface area contributed by atoms with E-state index in [9.17, 15) is 14.8 Å². The number of unbranched alkanes of at least 4 members (excludes halogenated alkanes) is 1. The largest absolute Gasteiger partial charge is 0.505 e. The van der Waals surface area contributed by atoms with E-state index in [-0.39, 0.29) is 17.9 Å². The predicted octanol–water partition coefficient (Wildman–Crippen LogP) is 3.80. The zero-order chi connectivity index (χ0) is 19.1. The summed E-state index contributed by atoms with van der Waals surface area (Å²) in [7, 11) is -2.02. The SMILES string of the molecule is CC#CCC(C)C(O)/C=C/[C@@H]1[C@H]2C/C(=C/CCC[P+](=O)O)C[C@H]2C[C@H]1O. The average Bonchev–Trinajstić information content (AvgIpc) is 3.10. The molecule has 2 fully saturated rings. The van der Waals surface area contributed by atoms with Crippen LogP contribution in [0.4, 0.5) is 0 Å². The highest BCUT2D eigenvalue weighted by atomic mass is 31.1. The minimum absolute atomic E-state index is 0.0881. The van der Waals surface area contributed by atoms with Gasteiger partial charge < -0.3 is 10.2 Å². The second kappa shape index (κ2) is 10.4. The van der Waals surface area contributed by atoms with Gasteiger partial charge in [-0.25, -0.2) is 0 Å². The molecule has 0 radical (unpaired) electrons. The predicted molar refractivity (Wildman–Crippen MR) is 105 cm³/mol. The molecule has 2 aliphatic rings. The van der Waals surface area contributed by atoms with Crippen molar-refractivity contribution in [3.05, 3.63) is 23.8 Å². The van der Waals surface area contributed by atoms with Crippen molar-refractivity contribution < 1.29 is 19.7 Å². The monoisotopic (exact) mass is 379 g/mol. The maximum absolute atomic E-state index is 10.7. The van der Waals surface area contributed by atoms with Crippen molar-refractivity contribution in [2.45, 2.75) is 64.6 Å². The summed E-state index contributed by atoms with van der Waals surface area (Å²) in [5, 5.41) is 20.7. The first kappa shape index (κ1) is 21.3. The molecule has 26 heavy (non-hydrogen) atoms. The lowest BCUT2D eigenvalue weighted by molar-refractivity contribution is 0.137. The van der Waals surface area contributed by atoms with Crippen molar-refractivity contribution in [1.82, 2.24) is 0 Å². The molecule has 0 aliphatic heterocycles. The molecule has 0 amide bonds. The second-order valence-corrected chi connectivity index (χ2v) is 8.93. The van der Waals surface area contributed by atoms with Crippen molar-refractivity contribution in [3.8, 4) is 11.8 Å². The molecule has 2 aliphatic carbocycles. The smallest absolute Gasteiger partial charge is 0.392 e. The van der Waals surface area contributed by atoms with Crippen LogP contribution in [-0.4, -0.2) is 33.5 Å². The fourth-order valence-corrected chi connectivity index (χ4v) is 4.74. The lowest BCUT2D eigenvalue weighted by atomic mass is 9.89. The van der Waals surface area contributed by atoms with Gasteiger partial charge in [0.05, 0.1) is 12.2 Å². The zero-order valence-corrected chi connectivity index (χ0v) is 16.7. The summed E-state index contributed by atoms with van der Waals surface area (Å²) in [5.41, 5.74) is 1.42. The maximum Gasteiger partial charge on any atom is 0.505 e. The van der Waals surface area contributed by atoms with Gasteiger partial charge in [0.15, 0.2) is 6.16 Å². The molecular formula is C21H32O4P+. The Kier molecular flexibility index (Phi) is 8.51. The van der Waals surface area contributed by atoms with Crippen LogP contribution in [0.5, 0.6) is 0 Å². The van der Waals surface area contributed by atoms with Crippen molar-refractivity contribution in [3.63, 3.8) is 0 Å². The van der Waals surface area contributed by atoms with E-state index < -0.39 is 14.1 Å². The zero-order valence-electron chi connectivity index (χ0n) is 15.8. The standard InChI is InChI=1S/C21H31O4P/c1-3-4-7-15(2)20(22)10-9-18-19-13-16(8-5-6-11-26(24)25)12-17(19)14-21(18)23/h8-10,15,17-23H,5-7,11-14H2,1-2H3/p+1/b10-9+,16-8+/t15?,17-,18+,19-,20?,21+/m0/s1. The minimum Gasteiger partial charge on any atom is -0.392 e. The van der Waals surface area contributed by atoms with E-state index in [1.54, 1.807) is 6.92 Å². The second-order valence-electron chi connectivity index (χ2n) is 7.78. The van der Waals surface area contributed by atoms with Crippen LogP contribution in [0.1, 0.15) is 52.4 Å². The Labute approximate surface area is 158 Å². The molecule has 144 valence electrons. The van der Waals surface area contributed by atoms with E-state index in [0.717, 1.165) is 32.1 Å². The highest BCUT2D eigenvalue weighted by Crippen LogP contribution is 2.50. The summed E-state index contributed by atoms with van der Waals surface area (Å²) < 4.78 is 10.7. The third-order valence-electron chi connectivity index (χ3n) is 5.81. The van der Waals surface area contributed by atoms with Crippen LogP contribution >= 0.6 is 8.03 Å². The highest BCUT2D eigenvalue weighted by molar-refractivity contribution is 7.37. The molecule has 0 saturated heterocycles. The highest BCUT2D eigenvalue weighted by Gasteiger charge is 2.44. The number of aliphatic hydroxyl groups excluding tert-OH is 2. The van der Waals surface area contributed by atoms with Crippen LogP contribution in [0.25, 0.3) is 0 Å². The van der Waals surface area contributed by atoms with E-state index in [4.69, 9.17) is 4.89 Å². The summed E-state index contributed by atoms with van der Waals surface area (Å²) in [6, 6.07) is 0. The van der Waals surface area contributed by atoms with E-state index in [1.165, 1.54) is 5.57 Å². The van der Waals surface area contributed by atoms with Crippen LogP contribution in [0.15, 0.2) is 23.8 Å². The molecule has 5 heteroatoms. The maximum atomic E-state index is 10.7. The van der Waals surface area contributed by atoms with Gasteiger partial charge in [-0.1, -0.05) is 30.7 Å². The van der Waals surface area contributed by atoms with Gasteiger partial charge in [0.2, 0.25) is 0 Å². The molecular weight excluding hydrogens is 347 g/mol. The van der Waals surface area contributed by atoms with Gasteiger partial charge in [0, 0.05) is 12.3 Å². The Bertz CT molecular complexity index is 601. The van der Waals surface area contributed by atoms with E-state index in [1.807, 2.05) is 19.1 Å². The summed E-state index contributed by atoms with van der Waals surface area (Å²) in [5.74, 6) is 7.02. The molecule has 3 N–H and O–H groups in total. The third-order valence-corrected chi connectivity index (χ3v) is 6.51. The van der Waals surface area contributed by atoms with Crippen LogP contribution in [0.3, 0.4) is 0 Å². The Morgan fingerprint density at radius 3 is 2.85 bits per heavy atom. The van der Waals surface area contributed by atoms with Gasteiger partial charge in [-0.3, -0.25) is 0 Å². The number of aliphatic hydroxyl groups is 2. The third kappa shape index (κ3) is 6.03. The van der Waals surface area contributed by atoms with Crippen molar-refractivity contribution in [1.29, 1.82) is 0 Å². The van der Waals surface area contributed by atoms with E-state index >= 15 is 0 Å². The first-order valence-electron chi connectivity index (χ1n) is 9.67. The first-order valence-corrected chi connectivity index (χ1v) is 11.1. The number of allylic oxidation sites excluding steroid dienone is 2. The molecule has 4 nitrogen and oxygen atoms in total. The van der Waals surface area contributed by atoms with Gasteiger partial charge in [-0.05, 0) is 61.3 Å². The van der Waals surface area contributed by atoms with Crippen LogP contribution in [-0.2, 0) is 4.57 Å². The number of hydrogen-bond acceptors (Lipinski definition) is 3. The molecule has 0 aromatic rings. The van der Waals surface area contributed by atoms with Gasteiger partial charge in [-0.15, -0.1) is 11.8 Å². The average molecular weight is 379 g/mol. The molecule has 0 aromatic carbocycles. The summed E-state index contributed by atoms with van der Waals surface area (Å²) in [6.45, 7) is 3.79. The molecule has 0 heterocycles. The molecule has 2 rings (SSSR count). The van der Waals surface area contributed by atoms with Gasteiger partial charge in [0.25, 0.3) is 0 Å². The topological polar surface area (TPSA) is 77.8 Å². The lowest BCUT2D eigenvalue weighted by Crippen LogP contribution is -2.19. The van der Waals surface area contributed by atoms with Gasteiger partial charge in [0.1, 0.15) is 0 Å². The van der Waals surface area contributed by atoms with Crippen molar-refractivity contribution in [2.75, 3.05) is 6.16 Å². The normalized spacial score (nSPS) is 32.3. The number of hydrogen-bond donors (Lipinski definition) is 3. The quantitative estimate of drug-likeness (QED) is 0.259. The first-order chi connectivity index (χ1) is 12.4. The van der Waals surface area contributed by atoms with E-state index in [2.05, 4.69) is 17.9 Å². The Morgan fingerprint density at radius 1 is 1.38 bits per heavy atom.